The van der Waals surface area contributed by atoms with Crippen molar-refractivity contribution < 1.29 is 9.50 Å². The van der Waals surface area contributed by atoms with Crippen molar-refractivity contribution in [1.82, 2.24) is 0 Å². The third kappa shape index (κ3) is 3.18. The minimum Gasteiger partial charge on any atom is -0.385 e. The van der Waals surface area contributed by atoms with E-state index >= 15 is 0 Å². The first-order chi connectivity index (χ1) is 8.47. The number of hydrogen-bond donors (Lipinski definition) is 1. The van der Waals surface area contributed by atoms with Crippen LogP contribution in [-0.4, -0.2) is 5.11 Å². The monoisotopic (exact) mass is 308 g/mol. The van der Waals surface area contributed by atoms with Crippen molar-refractivity contribution in [3.63, 3.8) is 0 Å². The molecule has 0 aliphatic rings. The zero-order valence-electron chi connectivity index (χ0n) is 10.0. The summed E-state index contributed by atoms with van der Waals surface area (Å²) in [5, 5.41) is 10.5. The molecule has 1 N–H and O–H groups in total. The maximum absolute atomic E-state index is 13.1. The Balaban J connectivity index is 2.23. The average molecular weight is 309 g/mol. The fourth-order valence-electron chi connectivity index (χ4n) is 1.96. The SMILES string of the molecule is CC(O)(Cc1cccc(F)c1)c1ccc(Br)cc1. The highest BCUT2D eigenvalue weighted by atomic mass is 79.9. The van der Waals surface area contributed by atoms with Crippen LogP contribution in [0.15, 0.2) is 53.0 Å². The fourth-order valence-corrected chi connectivity index (χ4v) is 2.22. The molecule has 0 saturated carbocycles. The minimum atomic E-state index is -1.01. The largest absolute Gasteiger partial charge is 0.385 e. The Morgan fingerprint density at radius 1 is 1.17 bits per heavy atom. The molecule has 94 valence electrons. The van der Waals surface area contributed by atoms with Crippen molar-refractivity contribution in [3.8, 4) is 0 Å². The molecule has 1 unspecified atom stereocenters. The van der Waals surface area contributed by atoms with Crippen LogP contribution in [0.1, 0.15) is 18.1 Å². The van der Waals surface area contributed by atoms with Crippen molar-refractivity contribution in [2.45, 2.75) is 18.9 Å². The van der Waals surface area contributed by atoms with Gasteiger partial charge in [-0.15, -0.1) is 0 Å². The normalized spacial score (nSPS) is 14.2. The van der Waals surface area contributed by atoms with Crippen LogP contribution in [0.4, 0.5) is 4.39 Å². The van der Waals surface area contributed by atoms with E-state index in [1.807, 2.05) is 30.3 Å². The predicted molar refractivity (Wildman–Crippen MR) is 73.8 cm³/mol. The maximum Gasteiger partial charge on any atom is 0.123 e. The van der Waals surface area contributed by atoms with Crippen LogP contribution < -0.4 is 0 Å². The minimum absolute atomic E-state index is 0.279. The Bertz CT molecular complexity index is 534. The third-order valence-electron chi connectivity index (χ3n) is 2.90. The van der Waals surface area contributed by atoms with Gasteiger partial charge in [-0.05, 0) is 42.3 Å². The molecule has 2 rings (SSSR count). The summed E-state index contributed by atoms with van der Waals surface area (Å²) < 4.78 is 14.1. The second-order valence-corrected chi connectivity index (χ2v) is 5.50. The third-order valence-corrected chi connectivity index (χ3v) is 3.43. The predicted octanol–water partition coefficient (Wildman–Crippen LogP) is 4.04. The molecule has 0 saturated heterocycles. The molecular formula is C15H14BrFO. The molecule has 2 aromatic carbocycles. The Hall–Kier alpha value is -1.19. The second-order valence-electron chi connectivity index (χ2n) is 4.59. The van der Waals surface area contributed by atoms with E-state index in [1.165, 1.54) is 12.1 Å². The topological polar surface area (TPSA) is 20.2 Å². The van der Waals surface area contributed by atoms with Crippen LogP contribution in [0, 0.1) is 5.82 Å². The Morgan fingerprint density at radius 3 is 2.44 bits per heavy atom. The van der Waals surface area contributed by atoms with Crippen LogP contribution in [0.25, 0.3) is 0 Å². The molecule has 3 heteroatoms. The molecule has 0 amide bonds. The molecule has 0 fully saturated rings. The molecule has 0 spiro atoms. The van der Waals surface area contributed by atoms with Crippen molar-refractivity contribution in [3.05, 3.63) is 69.9 Å². The highest BCUT2D eigenvalue weighted by Crippen LogP contribution is 2.26. The molecule has 1 atom stereocenters. The summed E-state index contributed by atoms with van der Waals surface area (Å²) in [6, 6.07) is 13.8. The number of aliphatic hydroxyl groups is 1. The lowest BCUT2D eigenvalue weighted by Gasteiger charge is -2.24. The highest BCUT2D eigenvalue weighted by Gasteiger charge is 2.23. The average Bonchev–Trinajstić information content (AvgIpc) is 2.29. The van der Waals surface area contributed by atoms with Gasteiger partial charge in [0.05, 0.1) is 5.60 Å². The van der Waals surface area contributed by atoms with Gasteiger partial charge in [0.15, 0.2) is 0 Å². The molecule has 0 aliphatic carbocycles. The fraction of sp³-hybridized carbons (Fsp3) is 0.200. The van der Waals surface area contributed by atoms with Gasteiger partial charge in [-0.1, -0.05) is 40.2 Å². The summed E-state index contributed by atoms with van der Waals surface area (Å²) in [7, 11) is 0. The number of halogens is 2. The van der Waals surface area contributed by atoms with Gasteiger partial charge in [0.25, 0.3) is 0 Å². The van der Waals surface area contributed by atoms with Crippen molar-refractivity contribution >= 4 is 15.9 Å². The zero-order chi connectivity index (χ0) is 13.2. The molecule has 0 aliphatic heterocycles. The number of benzene rings is 2. The summed E-state index contributed by atoms with van der Waals surface area (Å²) in [4.78, 5) is 0. The Kier molecular flexibility index (Phi) is 3.83. The van der Waals surface area contributed by atoms with Crippen LogP contribution in [-0.2, 0) is 12.0 Å². The molecular weight excluding hydrogens is 295 g/mol. The van der Waals surface area contributed by atoms with E-state index < -0.39 is 5.60 Å². The van der Waals surface area contributed by atoms with Crippen LogP contribution in [0.3, 0.4) is 0 Å². The summed E-state index contributed by atoms with van der Waals surface area (Å²) in [6.07, 6.45) is 0.381. The molecule has 18 heavy (non-hydrogen) atoms. The Morgan fingerprint density at radius 2 is 1.83 bits per heavy atom. The van der Waals surface area contributed by atoms with E-state index in [1.54, 1.807) is 13.0 Å². The lowest BCUT2D eigenvalue weighted by atomic mass is 9.89. The van der Waals surface area contributed by atoms with E-state index in [9.17, 15) is 9.50 Å². The van der Waals surface area contributed by atoms with Gasteiger partial charge in [-0.2, -0.15) is 0 Å². The number of rotatable bonds is 3. The van der Waals surface area contributed by atoms with Gasteiger partial charge < -0.3 is 5.11 Å². The molecule has 0 radical (unpaired) electrons. The summed E-state index contributed by atoms with van der Waals surface area (Å²) in [5.74, 6) is -0.279. The van der Waals surface area contributed by atoms with Gasteiger partial charge in [0.2, 0.25) is 0 Å². The van der Waals surface area contributed by atoms with Gasteiger partial charge in [-0.25, -0.2) is 4.39 Å². The van der Waals surface area contributed by atoms with Gasteiger partial charge in [-0.3, -0.25) is 0 Å². The first-order valence-electron chi connectivity index (χ1n) is 5.70. The molecule has 0 aromatic heterocycles. The smallest absolute Gasteiger partial charge is 0.123 e. The van der Waals surface area contributed by atoms with Crippen molar-refractivity contribution in [2.75, 3.05) is 0 Å². The standard InChI is InChI=1S/C15H14BrFO/c1-15(18,12-5-7-13(16)8-6-12)10-11-3-2-4-14(17)9-11/h2-9,18H,10H2,1H3. The Labute approximate surface area is 114 Å². The highest BCUT2D eigenvalue weighted by molar-refractivity contribution is 9.10. The molecule has 0 heterocycles. The van der Waals surface area contributed by atoms with Crippen LogP contribution in [0.5, 0.6) is 0 Å². The first kappa shape index (κ1) is 13.2. The van der Waals surface area contributed by atoms with E-state index in [0.717, 1.165) is 15.6 Å². The lowest BCUT2D eigenvalue weighted by molar-refractivity contribution is 0.0575. The van der Waals surface area contributed by atoms with Gasteiger partial charge >= 0.3 is 0 Å². The molecule has 1 nitrogen and oxygen atoms in total. The van der Waals surface area contributed by atoms with Crippen molar-refractivity contribution in [2.24, 2.45) is 0 Å². The summed E-state index contributed by atoms with van der Waals surface area (Å²) in [6.45, 7) is 1.74. The van der Waals surface area contributed by atoms with Gasteiger partial charge in [0, 0.05) is 10.9 Å². The van der Waals surface area contributed by atoms with E-state index in [0.29, 0.717) is 6.42 Å². The summed E-state index contributed by atoms with van der Waals surface area (Å²) >= 11 is 3.36. The number of hydrogen-bond acceptors (Lipinski definition) is 1. The van der Waals surface area contributed by atoms with E-state index in [-0.39, 0.29) is 5.82 Å². The van der Waals surface area contributed by atoms with Crippen molar-refractivity contribution in [1.29, 1.82) is 0 Å². The zero-order valence-corrected chi connectivity index (χ0v) is 11.6. The molecule has 0 bridgehead atoms. The van der Waals surface area contributed by atoms with Gasteiger partial charge in [0.1, 0.15) is 5.82 Å². The second kappa shape index (κ2) is 5.21. The molecule has 2 aromatic rings. The van der Waals surface area contributed by atoms with E-state index in [4.69, 9.17) is 0 Å². The summed E-state index contributed by atoms with van der Waals surface area (Å²) in [5.41, 5.74) is 0.590. The maximum atomic E-state index is 13.1. The quantitative estimate of drug-likeness (QED) is 0.907. The van der Waals surface area contributed by atoms with Crippen LogP contribution in [0.2, 0.25) is 0 Å². The van der Waals surface area contributed by atoms with E-state index in [2.05, 4.69) is 15.9 Å². The first-order valence-corrected chi connectivity index (χ1v) is 6.49. The lowest BCUT2D eigenvalue weighted by Crippen LogP contribution is -2.24. The van der Waals surface area contributed by atoms with Crippen LogP contribution >= 0.6 is 15.9 Å².